The molecule has 1 aliphatic rings. The van der Waals surface area contributed by atoms with Crippen LogP contribution in [0.3, 0.4) is 0 Å². The van der Waals surface area contributed by atoms with Crippen molar-refractivity contribution in [2.24, 2.45) is 7.05 Å². The van der Waals surface area contributed by atoms with Crippen LogP contribution in [0.25, 0.3) is 0 Å². The van der Waals surface area contributed by atoms with Gasteiger partial charge in [0, 0.05) is 13.0 Å². The lowest BCUT2D eigenvalue weighted by molar-refractivity contribution is -0.141. The zero-order valence-electron chi connectivity index (χ0n) is 14.8. The molecular weight excluding hydrogens is 371 g/mol. The summed E-state index contributed by atoms with van der Waals surface area (Å²) < 4.78 is 42.3. The van der Waals surface area contributed by atoms with Crippen molar-refractivity contribution >= 4 is 23.2 Å². The van der Waals surface area contributed by atoms with Crippen molar-refractivity contribution in [1.82, 2.24) is 19.6 Å². The molecule has 0 aromatic carbocycles. The minimum Gasteiger partial charge on any atom is -0.321 e. The highest BCUT2D eigenvalue weighted by molar-refractivity contribution is 6.32. The molecule has 1 aliphatic carbocycles. The fourth-order valence-electron chi connectivity index (χ4n) is 2.92. The molecule has 0 radical (unpaired) electrons. The molecule has 0 saturated heterocycles. The van der Waals surface area contributed by atoms with Gasteiger partial charge in [-0.15, -0.1) is 0 Å². The Morgan fingerprint density at radius 3 is 2.38 bits per heavy atom. The van der Waals surface area contributed by atoms with Gasteiger partial charge in [0.25, 0.3) is 0 Å². The van der Waals surface area contributed by atoms with E-state index in [1.165, 1.54) is 6.92 Å². The number of nitrogens with one attached hydrogen (secondary N) is 1. The van der Waals surface area contributed by atoms with Gasteiger partial charge in [-0.3, -0.25) is 14.2 Å². The highest BCUT2D eigenvalue weighted by Crippen LogP contribution is 2.47. The molecule has 2 aromatic rings. The Bertz CT molecular complexity index is 866. The van der Waals surface area contributed by atoms with Gasteiger partial charge in [0.15, 0.2) is 5.69 Å². The number of amides is 1. The minimum absolute atomic E-state index is 0.0942. The Balaban J connectivity index is 1.94. The largest absolute Gasteiger partial charge is 0.436 e. The van der Waals surface area contributed by atoms with Gasteiger partial charge in [-0.1, -0.05) is 11.6 Å². The quantitative estimate of drug-likeness (QED) is 0.860. The third kappa shape index (κ3) is 3.20. The van der Waals surface area contributed by atoms with Crippen molar-refractivity contribution in [2.45, 2.75) is 51.7 Å². The van der Waals surface area contributed by atoms with Crippen LogP contribution in [0.4, 0.5) is 18.9 Å². The SMILES string of the molecule is Cc1nn(C)c(C)c1NC(=O)C(C)n1nc(C(F)(F)F)c(Cl)c1C1CC1. The van der Waals surface area contributed by atoms with Gasteiger partial charge in [-0.25, -0.2) is 0 Å². The topological polar surface area (TPSA) is 64.7 Å². The fourth-order valence-corrected chi connectivity index (χ4v) is 3.31. The summed E-state index contributed by atoms with van der Waals surface area (Å²) in [5.41, 5.74) is 1.06. The van der Waals surface area contributed by atoms with Crippen LogP contribution in [0.2, 0.25) is 5.02 Å². The van der Waals surface area contributed by atoms with Gasteiger partial charge in [0.05, 0.1) is 27.8 Å². The molecule has 1 N–H and O–H groups in total. The van der Waals surface area contributed by atoms with Crippen LogP contribution in [0.5, 0.6) is 0 Å². The number of alkyl halides is 3. The number of halogens is 4. The van der Waals surface area contributed by atoms with Crippen LogP contribution in [-0.4, -0.2) is 25.5 Å². The summed E-state index contributed by atoms with van der Waals surface area (Å²) in [4.78, 5) is 12.7. The first-order valence-electron chi connectivity index (χ1n) is 8.18. The molecule has 1 saturated carbocycles. The zero-order chi connectivity index (χ0) is 19.4. The molecule has 142 valence electrons. The predicted octanol–water partition coefficient (Wildman–Crippen LogP) is 3.98. The first-order valence-corrected chi connectivity index (χ1v) is 8.56. The summed E-state index contributed by atoms with van der Waals surface area (Å²) in [6.45, 7) is 5.05. The third-order valence-corrected chi connectivity index (χ3v) is 5.00. The van der Waals surface area contributed by atoms with Crippen molar-refractivity contribution in [2.75, 3.05) is 5.32 Å². The summed E-state index contributed by atoms with van der Waals surface area (Å²) in [6.07, 6.45) is -3.20. The maximum atomic E-state index is 13.2. The van der Waals surface area contributed by atoms with E-state index in [9.17, 15) is 18.0 Å². The van der Waals surface area contributed by atoms with Crippen molar-refractivity contribution in [3.05, 3.63) is 27.8 Å². The molecule has 2 aromatic heterocycles. The second-order valence-electron chi connectivity index (χ2n) is 6.60. The van der Waals surface area contributed by atoms with Crippen LogP contribution >= 0.6 is 11.6 Å². The maximum Gasteiger partial charge on any atom is 0.436 e. The van der Waals surface area contributed by atoms with Crippen molar-refractivity contribution in [1.29, 1.82) is 0 Å². The number of carbonyl (C=O) groups excluding carboxylic acids is 1. The molecule has 2 heterocycles. The van der Waals surface area contributed by atoms with E-state index < -0.39 is 28.8 Å². The second-order valence-corrected chi connectivity index (χ2v) is 6.98. The second kappa shape index (κ2) is 6.29. The number of aryl methyl sites for hydroxylation is 2. The van der Waals surface area contributed by atoms with E-state index in [1.807, 2.05) is 0 Å². The molecule has 0 aliphatic heterocycles. The molecule has 26 heavy (non-hydrogen) atoms. The molecule has 3 rings (SSSR count). The van der Waals surface area contributed by atoms with Gasteiger partial charge in [-0.2, -0.15) is 23.4 Å². The summed E-state index contributed by atoms with van der Waals surface area (Å²) in [7, 11) is 1.75. The Morgan fingerprint density at radius 2 is 1.92 bits per heavy atom. The van der Waals surface area contributed by atoms with Gasteiger partial charge < -0.3 is 5.32 Å². The van der Waals surface area contributed by atoms with E-state index in [2.05, 4.69) is 15.5 Å². The fraction of sp³-hybridized carbons (Fsp3) is 0.562. The van der Waals surface area contributed by atoms with E-state index in [4.69, 9.17) is 11.6 Å². The van der Waals surface area contributed by atoms with Crippen LogP contribution in [0.1, 0.15) is 54.5 Å². The standard InChI is InChI=1S/C16H19ClF3N5O/c1-7-12(8(2)24(4)22-7)21-15(26)9(3)25-13(10-5-6-10)11(17)14(23-25)16(18,19)20/h9-10H,5-6H2,1-4H3,(H,21,26). The summed E-state index contributed by atoms with van der Waals surface area (Å²) in [5, 5.41) is 10.2. The van der Waals surface area contributed by atoms with Crippen LogP contribution < -0.4 is 5.32 Å². The molecule has 0 bridgehead atoms. The monoisotopic (exact) mass is 389 g/mol. The van der Waals surface area contributed by atoms with Gasteiger partial charge in [0.2, 0.25) is 5.91 Å². The lowest BCUT2D eigenvalue weighted by atomic mass is 10.2. The van der Waals surface area contributed by atoms with E-state index in [0.29, 0.717) is 11.4 Å². The van der Waals surface area contributed by atoms with E-state index in [1.54, 1.807) is 25.6 Å². The zero-order valence-corrected chi connectivity index (χ0v) is 15.5. The molecular formula is C16H19ClF3N5O. The van der Waals surface area contributed by atoms with Crippen LogP contribution in [0.15, 0.2) is 0 Å². The Morgan fingerprint density at radius 1 is 1.31 bits per heavy atom. The number of rotatable bonds is 4. The number of nitrogens with zero attached hydrogens (tertiary/aromatic N) is 4. The van der Waals surface area contributed by atoms with Gasteiger partial charge >= 0.3 is 6.18 Å². The van der Waals surface area contributed by atoms with Gasteiger partial charge in [0.1, 0.15) is 6.04 Å². The average Bonchev–Trinajstić information content (AvgIpc) is 3.27. The number of hydrogen-bond donors (Lipinski definition) is 1. The smallest absolute Gasteiger partial charge is 0.321 e. The first-order chi connectivity index (χ1) is 12.0. The predicted molar refractivity (Wildman–Crippen MR) is 90.2 cm³/mol. The van der Waals surface area contributed by atoms with Crippen molar-refractivity contribution < 1.29 is 18.0 Å². The van der Waals surface area contributed by atoms with Crippen LogP contribution in [0, 0.1) is 13.8 Å². The van der Waals surface area contributed by atoms with E-state index >= 15 is 0 Å². The summed E-state index contributed by atoms with van der Waals surface area (Å²) in [6, 6.07) is -0.946. The Labute approximate surface area is 153 Å². The van der Waals surface area contributed by atoms with Crippen molar-refractivity contribution in [3.8, 4) is 0 Å². The lowest BCUT2D eigenvalue weighted by Gasteiger charge is -2.16. The summed E-state index contributed by atoms with van der Waals surface area (Å²) >= 11 is 5.96. The average molecular weight is 390 g/mol. The number of carbonyl (C=O) groups is 1. The normalized spacial score (nSPS) is 16.0. The van der Waals surface area contributed by atoms with Gasteiger partial charge in [-0.05, 0) is 33.6 Å². The highest BCUT2D eigenvalue weighted by Gasteiger charge is 2.43. The highest BCUT2D eigenvalue weighted by atomic mass is 35.5. The molecule has 6 nitrogen and oxygen atoms in total. The van der Waals surface area contributed by atoms with Crippen molar-refractivity contribution in [3.63, 3.8) is 0 Å². The lowest BCUT2D eigenvalue weighted by Crippen LogP contribution is -2.26. The Hall–Kier alpha value is -2.03. The third-order valence-electron chi connectivity index (χ3n) is 4.62. The molecule has 0 spiro atoms. The molecule has 1 atom stereocenters. The first kappa shape index (κ1) is 18.8. The minimum atomic E-state index is -4.67. The Kier molecular flexibility index (Phi) is 4.54. The van der Waals surface area contributed by atoms with E-state index in [-0.39, 0.29) is 11.6 Å². The maximum absolute atomic E-state index is 13.2. The summed E-state index contributed by atoms with van der Waals surface area (Å²) in [5.74, 6) is -0.567. The molecule has 1 unspecified atom stereocenters. The van der Waals surface area contributed by atoms with E-state index in [0.717, 1.165) is 23.2 Å². The molecule has 10 heteroatoms. The van der Waals surface area contributed by atoms with Crippen LogP contribution in [-0.2, 0) is 18.0 Å². The number of anilines is 1. The number of hydrogen-bond acceptors (Lipinski definition) is 3. The number of aromatic nitrogens is 4. The molecule has 1 fully saturated rings. The molecule has 1 amide bonds.